The summed E-state index contributed by atoms with van der Waals surface area (Å²) < 4.78 is 32.9. The molecule has 8 heteroatoms. The van der Waals surface area contributed by atoms with Gasteiger partial charge in [-0.15, -0.1) is 0 Å². The molecule has 0 spiro atoms. The molecule has 0 saturated heterocycles. The van der Waals surface area contributed by atoms with Crippen LogP contribution in [0.5, 0.6) is 5.75 Å². The van der Waals surface area contributed by atoms with Crippen molar-refractivity contribution in [2.75, 3.05) is 12.8 Å². The van der Waals surface area contributed by atoms with Crippen molar-refractivity contribution < 1.29 is 17.9 Å². The number of aromatic nitrogens is 1. The highest BCUT2D eigenvalue weighted by atomic mass is 32.2. The molecule has 0 unspecified atom stereocenters. The molecule has 3 rings (SSSR count). The Hall–Kier alpha value is -3.39. The van der Waals surface area contributed by atoms with Crippen LogP contribution >= 0.6 is 0 Å². The Morgan fingerprint density at radius 1 is 1.06 bits per heavy atom. The molecule has 0 fully saturated rings. The van der Waals surface area contributed by atoms with Crippen LogP contribution in [0.15, 0.2) is 70.4 Å². The lowest BCUT2D eigenvalue weighted by atomic mass is 10.2. The second kappa shape index (κ2) is 9.82. The first-order chi connectivity index (χ1) is 15.2. The molecule has 3 aromatic rings. The zero-order chi connectivity index (χ0) is 23.3. The first-order valence-electron chi connectivity index (χ1n) is 10.1. The van der Waals surface area contributed by atoms with E-state index in [2.05, 4.69) is 5.32 Å². The van der Waals surface area contributed by atoms with Gasteiger partial charge in [0.2, 0.25) is 5.43 Å². The Labute approximate surface area is 187 Å². The zero-order valence-electron chi connectivity index (χ0n) is 18.3. The van der Waals surface area contributed by atoms with Crippen molar-refractivity contribution in [1.82, 2.24) is 9.88 Å². The van der Waals surface area contributed by atoms with Gasteiger partial charge in [-0.3, -0.25) is 9.59 Å². The van der Waals surface area contributed by atoms with Crippen LogP contribution in [0.4, 0.5) is 0 Å². The molecule has 1 aromatic heterocycles. The lowest BCUT2D eigenvalue weighted by molar-refractivity contribution is 0.0948. The molecule has 1 heterocycles. The molecular formula is C24H26N2O5S. The number of aryl methyl sites for hydroxylation is 2. The lowest BCUT2D eigenvalue weighted by Crippen LogP contribution is -2.29. The van der Waals surface area contributed by atoms with E-state index in [1.165, 1.54) is 17.7 Å². The number of nitrogens with one attached hydrogen (secondary N) is 1. The number of benzene rings is 2. The van der Waals surface area contributed by atoms with E-state index >= 15 is 0 Å². The average Bonchev–Trinajstić information content (AvgIpc) is 2.78. The number of nitrogens with zero attached hydrogens (tertiary/aromatic N) is 1. The third kappa shape index (κ3) is 5.08. The zero-order valence-corrected chi connectivity index (χ0v) is 19.1. The molecule has 7 nitrogen and oxygen atoms in total. The quantitative estimate of drug-likeness (QED) is 0.565. The van der Waals surface area contributed by atoms with Crippen molar-refractivity contribution in [3.05, 3.63) is 93.4 Å². The van der Waals surface area contributed by atoms with Crippen molar-refractivity contribution >= 4 is 15.7 Å². The normalized spacial score (nSPS) is 11.2. The molecular weight excluding hydrogens is 428 g/mol. The van der Waals surface area contributed by atoms with Crippen LogP contribution in [0.2, 0.25) is 0 Å². The maximum Gasteiger partial charge on any atom is 0.271 e. The molecule has 0 radical (unpaired) electrons. The highest BCUT2D eigenvalue weighted by molar-refractivity contribution is 7.91. The number of carbonyl (C=O) groups excluding carboxylic acids is 1. The van der Waals surface area contributed by atoms with Gasteiger partial charge in [0.05, 0.1) is 10.6 Å². The van der Waals surface area contributed by atoms with E-state index in [1.54, 1.807) is 38.2 Å². The van der Waals surface area contributed by atoms with E-state index in [1.807, 2.05) is 30.3 Å². The number of pyridine rings is 1. The number of sulfone groups is 1. The topological polar surface area (TPSA) is 94.5 Å². The summed E-state index contributed by atoms with van der Waals surface area (Å²) in [4.78, 5) is 25.7. The van der Waals surface area contributed by atoms with Crippen molar-refractivity contribution in [3.8, 4) is 5.75 Å². The predicted octanol–water partition coefficient (Wildman–Crippen LogP) is 2.65. The van der Waals surface area contributed by atoms with Crippen LogP contribution in [0, 0.1) is 6.92 Å². The summed E-state index contributed by atoms with van der Waals surface area (Å²) in [6, 6.07) is 17.4. The minimum atomic E-state index is -3.56. The third-order valence-electron chi connectivity index (χ3n) is 5.23. The molecule has 0 aliphatic heterocycles. The van der Waals surface area contributed by atoms with Gasteiger partial charge < -0.3 is 14.6 Å². The van der Waals surface area contributed by atoms with Gasteiger partial charge in [-0.2, -0.15) is 0 Å². The second-order valence-corrected chi connectivity index (χ2v) is 9.50. The number of carbonyl (C=O) groups is 1. The van der Waals surface area contributed by atoms with Crippen LogP contribution in [0.1, 0.15) is 27.3 Å². The summed E-state index contributed by atoms with van der Waals surface area (Å²) in [5.74, 6) is -0.750. The van der Waals surface area contributed by atoms with E-state index in [0.717, 1.165) is 5.56 Å². The van der Waals surface area contributed by atoms with E-state index in [-0.39, 0.29) is 35.1 Å². The van der Waals surface area contributed by atoms with Crippen LogP contribution in [0.25, 0.3) is 0 Å². The fourth-order valence-electron chi connectivity index (χ4n) is 3.46. The summed E-state index contributed by atoms with van der Waals surface area (Å²) >= 11 is 0. The number of hydrogen-bond acceptors (Lipinski definition) is 5. The third-order valence-corrected chi connectivity index (χ3v) is 7.10. The largest absolute Gasteiger partial charge is 0.483 e. The number of rotatable bonds is 8. The van der Waals surface area contributed by atoms with E-state index in [0.29, 0.717) is 11.3 Å². The fraction of sp³-hybridized carbons (Fsp3) is 0.250. The van der Waals surface area contributed by atoms with Gasteiger partial charge in [0.1, 0.15) is 6.61 Å². The van der Waals surface area contributed by atoms with Crippen LogP contribution in [0.3, 0.4) is 0 Å². The van der Waals surface area contributed by atoms with Gasteiger partial charge >= 0.3 is 0 Å². The van der Waals surface area contributed by atoms with Gasteiger partial charge in [0.15, 0.2) is 21.3 Å². The Morgan fingerprint density at radius 2 is 1.72 bits per heavy atom. The van der Waals surface area contributed by atoms with Gasteiger partial charge in [0, 0.05) is 32.3 Å². The highest BCUT2D eigenvalue weighted by Gasteiger charge is 2.23. The van der Waals surface area contributed by atoms with Crippen molar-refractivity contribution in [2.45, 2.75) is 24.8 Å². The van der Waals surface area contributed by atoms with E-state index in [9.17, 15) is 18.0 Å². The molecule has 168 valence electrons. The minimum Gasteiger partial charge on any atom is -0.483 e. The molecule has 32 heavy (non-hydrogen) atoms. The van der Waals surface area contributed by atoms with Crippen LogP contribution in [-0.4, -0.2) is 31.7 Å². The van der Waals surface area contributed by atoms with Crippen molar-refractivity contribution in [3.63, 3.8) is 0 Å². The van der Waals surface area contributed by atoms with Gasteiger partial charge in [-0.25, -0.2) is 8.42 Å². The molecule has 0 bridgehead atoms. The standard InChI is InChI=1S/C24H26N2O5S/c1-17-9-7-8-12-21(17)32(29,30)14-13-19-15-20(27)23(22(26(19)3)24(28)25-2)31-16-18-10-5-4-6-11-18/h4-12,15H,13-14,16H2,1-3H3,(H,25,28). The maximum atomic E-state index is 12.8. The lowest BCUT2D eigenvalue weighted by Gasteiger charge is -2.18. The van der Waals surface area contributed by atoms with Crippen molar-refractivity contribution in [1.29, 1.82) is 0 Å². The highest BCUT2D eigenvalue weighted by Crippen LogP contribution is 2.20. The first kappa shape index (κ1) is 23.3. The van der Waals surface area contributed by atoms with E-state index < -0.39 is 21.2 Å². The molecule has 0 aliphatic carbocycles. The van der Waals surface area contributed by atoms with Crippen LogP contribution < -0.4 is 15.5 Å². The first-order valence-corrected chi connectivity index (χ1v) is 11.8. The fourth-order valence-corrected chi connectivity index (χ4v) is 5.01. The number of hydrogen-bond donors (Lipinski definition) is 1. The summed E-state index contributed by atoms with van der Waals surface area (Å²) in [5, 5.41) is 2.52. The summed E-state index contributed by atoms with van der Waals surface area (Å²) in [6.45, 7) is 1.87. The Bertz CT molecular complexity index is 1280. The monoisotopic (exact) mass is 454 g/mol. The molecule has 0 aliphatic rings. The molecule has 1 amide bonds. The molecule has 0 atom stereocenters. The van der Waals surface area contributed by atoms with Crippen molar-refractivity contribution in [2.24, 2.45) is 7.05 Å². The second-order valence-electron chi connectivity index (χ2n) is 7.42. The van der Waals surface area contributed by atoms with Crippen LogP contribution in [-0.2, 0) is 29.9 Å². The molecule has 2 aromatic carbocycles. The Kier molecular flexibility index (Phi) is 7.15. The molecule has 0 saturated carbocycles. The smallest absolute Gasteiger partial charge is 0.271 e. The maximum absolute atomic E-state index is 12.8. The summed E-state index contributed by atoms with van der Waals surface area (Å²) in [6.07, 6.45) is 0.0748. The van der Waals surface area contributed by atoms with Gasteiger partial charge in [0.25, 0.3) is 5.91 Å². The summed E-state index contributed by atoms with van der Waals surface area (Å²) in [7, 11) is -0.479. The summed E-state index contributed by atoms with van der Waals surface area (Å²) in [5.41, 5.74) is 1.53. The Morgan fingerprint density at radius 3 is 2.38 bits per heavy atom. The van der Waals surface area contributed by atoms with Gasteiger partial charge in [-0.1, -0.05) is 48.5 Å². The molecule has 1 N–H and O–H groups in total. The number of amides is 1. The van der Waals surface area contributed by atoms with E-state index in [4.69, 9.17) is 4.74 Å². The average molecular weight is 455 g/mol. The number of ether oxygens (including phenoxy) is 1. The predicted molar refractivity (Wildman–Crippen MR) is 123 cm³/mol. The SMILES string of the molecule is CNC(=O)c1c(OCc2ccccc2)c(=O)cc(CCS(=O)(=O)c2ccccc2C)n1C. The Balaban J connectivity index is 1.92. The van der Waals surface area contributed by atoms with Gasteiger partial charge in [-0.05, 0) is 24.1 Å². The minimum absolute atomic E-state index is 0.0548.